The van der Waals surface area contributed by atoms with E-state index in [1.807, 2.05) is 0 Å². The molecule has 0 N–H and O–H groups in total. The van der Waals surface area contributed by atoms with Crippen LogP contribution < -0.4 is 4.74 Å². The van der Waals surface area contributed by atoms with E-state index in [1.54, 1.807) is 12.0 Å². The van der Waals surface area contributed by atoms with E-state index in [-0.39, 0.29) is 36.0 Å². The van der Waals surface area contributed by atoms with Gasteiger partial charge in [-0.2, -0.15) is 4.39 Å². The Labute approximate surface area is 143 Å². The number of hydrogen-bond acceptors (Lipinski definition) is 5. The highest BCUT2D eigenvalue weighted by molar-refractivity contribution is 5.92. The lowest BCUT2D eigenvalue weighted by molar-refractivity contribution is 0.0265. The van der Waals surface area contributed by atoms with Crippen molar-refractivity contribution in [3.63, 3.8) is 0 Å². The average Bonchev–Trinajstić information content (AvgIpc) is 3.11. The zero-order valence-electron chi connectivity index (χ0n) is 13.7. The minimum absolute atomic E-state index is 0.0170. The molecule has 2 aromatic rings. The number of nitrogens with zero attached hydrogens (tertiary/aromatic N) is 2. The fourth-order valence-electron chi connectivity index (χ4n) is 2.69. The third-order valence-electron chi connectivity index (χ3n) is 4.04. The van der Waals surface area contributed by atoms with Crippen molar-refractivity contribution in [2.24, 2.45) is 0 Å². The predicted molar refractivity (Wildman–Crippen MR) is 83.1 cm³/mol. The van der Waals surface area contributed by atoms with Gasteiger partial charge < -0.3 is 18.8 Å². The van der Waals surface area contributed by atoms with Gasteiger partial charge in [-0.3, -0.25) is 4.79 Å². The quantitative estimate of drug-likeness (QED) is 0.828. The minimum atomic E-state index is -1.08. The van der Waals surface area contributed by atoms with E-state index in [2.05, 4.69) is 4.98 Å². The van der Waals surface area contributed by atoms with Crippen molar-refractivity contribution in [3.05, 3.63) is 47.7 Å². The summed E-state index contributed by atoms with van der Waals surface area (Å²) in [5.74, 6) is -2.48. The van der Waals surface area contributed by atoms with Gasteiger partial charge in [-0.05, 0) is 25.0 Å². The molecule has 1 aliphatic heterocycles. The molecular formula is C17H18F2N2O4. The van der Waals surface area contributed by atoms with Crippen LogP contribution in [-0.4, -0.2) is 42.1 Å². The Kier molecular flexibility index (Phi) is 5.28. The molecule has 0 saturated carbocycles. The van der Waals surface area contributed by atoms with Crippen molar-refractivity contribution >= 4 is 5.91 Å². The highest BCUT2D eigenvalue weighted by Gasteiger charge is 2.26. The smallest absolute Gasteiger partial charge is 0.275 e. The molecule has 1 aliphatic rings. The van der Waals surface area contributed by atoms with Gasteiger partial charge in [0, 0.05) is 20.2 Å². The van der Waals surface area contributed by atoms with Gasteiger partial charge in [0.05, 0.1) is 6.10 Å². The van der Waals surface area contributed by atoms with Gasteiger partial charge in [0.1, 0.15) is 6.26 Å². The third-order valence-corrected chi connectivity index (χ3v) is 4.04. The number of amides is 1. The van der Waals surface area contributed by atoms with Crippen LogP contribution in [0.4, 0.5) is 8.78 Å². The lowest BCUT2D eigenvalue weighted by Crippen LogP contribution is -2.43. The van der Waals surface area contributed by atoms with Crippen LogP contribution in [0.2, 0.25) is 0 Å². The Morgan fingerprint density at radius 3 is 3.08 bits per heavy atom. The van der Waals surface area contributed by atoms with Gasteiger partial charge in [-0.1, -0.05) is 6.07 Å². The Hall–Kier alpha value is -2.48. The van der Waals surface area contributed by atoms with Crippen LogP contribution in [0, 0.1) is 11.6 Å². The summed E-state index contributed by atoms with van der Waals surface area (Å²) in [6, 6.07) is 3.63. The minimum Gasteiger partial charge on any atom is -0.481 e. The van der Waals surface area contributed by atoms with Gasteiger partial charge >= 0.3 is 0 Å². The number of hydrogen-bond donors (Lipinski definition) is 0. The zero-order valence-corrected chi connectivity index (χ0v) is 13.7. The second-order valence-electron chi connectivity index (χ2n) is 5.72. The van der Waals surface area contributed by atoms with Crippen LogP contribution in [0.15, 0.2) is 28.9 Å². The van der Waals surface area contributed by atoms with E-state index in [0.717, 1.165) is 18.9 Å². The molecular weight excluding hydrogens is 334 g/mol. The Morgan fingerprint density at radius 2 is 2.28 bits per heavy atom. The summed E-state index contributed by atoms with van der Waals surface area (Å²) in [7, 11) is 1.62. The second kappa shape index (κ2) is 7.60. The van der Waals surface area contributed by atoms with Crippen LogP contribution in [0.3, 0.4) is 0 Å². The highest BCUT2D eigenvalue weighted by atomic mass is 19.2. The molecule has 1 aromatic carbocycles. The standard InChI is InChI=1S/C17H18F2N2O4/c1-23-11-4-3-7-21(8-11)17(22)13-9-25-15(20-13)10-24-14-6-2-5-12(18)16(14)19/h2,5-6,9,11H,3-4,7-8,10H2,1H3. The van der Waals surface area contributed by atoms with E-state index >= 15 is 0 Å². The van der Waals surface area contributed by atoms with Gasteiger partial charge in [-0.15, -0.1) is 0 Å². The molecule has 1 unspecified atom stereocenters. The summed E-state index contributed by atoms with van der Waals surface area (Å²) >= 11 is 0. The summed E-state index contributed by atoms with van der Waals surface area (Å²) < 4.78 is 42.3. The molecule has 1 fully saturated rings. The molecule has 6 nitrogen and oxygen atoms in total. The Balaban J connectivity index is 1.62. The molecule has 3 rings (SSSR count). The van der Waals surface area contributed by atoms with Gasteiger partial charge in [0.2, 0.25) is 11.7 Å². The molecule has 1 saturated heterocycles. The van der Waals surface area contributed by atoms with Gasteiger partial charge in [-0.25, -0.2) is 9.37 Å². The van der Waals surface area contributed by atoms with E-state index in [4.69, 9.17) is 13.9 Å². The van der Waals surface area contributed by atoms with Crippen LogP contribution in [0.25, 0.3) is 0 Å². The largest absolute Gasteiger partial charge is 0.481 e. The number of carbonyl (C=O) groups is 1. The lowest BCUT2D eigenvalue weighted by Gasteiger charge is -2.31. The number of rotatable bonds is 5. The first-order valence-corrected chi connectivity index (χ1v) is 7.91. The van der Waals surface area contributed by atoms with E-state index in [0.29, 0.717) is 13.1 Å². The molecule has 1 amide bonds. The molecule has 8 heteroatoms. The number of likely N-dealkylation sites (tertiary alicyclic amines) is 1. The third kappa shape index (κ3) is 3.96. The van der Waals surface area contributed by atoms with Crippen molar-refractivity contribution in [1.29, 1.82) is 0 Å². The molecule has 1 atom stereocenters. The number of piperidine rings is 1. The molecule has 0 radical (unpaired) electrons. The van der Waals surface area contributed by atoms with Crippen molar-refractivity contribution in [2.75, 3.05) is 20.2 Å². The van der Waals surface area contributed by atoms with Crippen molar-refractivity contribution in [1.82, 2.24) is 9.88 Å². The maximum absolute atomic E-state index is 13.5. The van der Waals surface area contributed by atoms with Crippen LogP contribution in [0.5, 0.6) is 5.75 Å². The van der Waals surface area contributed by atoms with Crippen LogP contribution >= 0.6 is 0 Å². The Morgan fingerprint density at radius 1 is 1.44 bits per heavy atom. The molecule has 25 heavy (non-hydrogen) atoms. The fraction of sp³-hybridized carbons (Fsp3) is 0.412. The highest BCUT2D eigenvalue weighted by Crippen LogP contribution is 2.21. The number of carbonyl (C=O) groups excluding carboxylic acids is 1. The number of benzene rings is 1. The Bertz CT molecular complexity index is 750. The summed E-state index contributed by atoms with van der Waals surface area (Å²) in [6.07, 6.45) is 3.02. The second-order valence-corrected chi connectivity index (χ2v) is 5.72. The number of methoxy groups -OCH3 is 1. The number of ether oxygens (including phenoxy) is 2. The first-order chi connectivity index (χ1) is 12.1. The summed E-state index contributed by atoms with van der Waals surface area (Å²) in [4.78, 5) is 18.2. The van der Waals surface area contributed by atoms with Gasteiger partial charge in [0.25, 0.3) is 5.91 Å². The maximum atomic E-state index is 13.5. The van der Waals surface area contributed by atoms with Gasteiger partial charge in [0.15, 0.2) is 23.9 Å². The van der Waals surface area contributed by atoms with Crippen molar-refractivity contribution in [2.45, 2.75) is 25.6 Å². The number of aromatic nitrogens is 1. The number of halogens is 2. The zero-order chi connectivity index (χ0) is 17.8. The molecule has 134 valence electrons. The fourth-order valence-corrected chi connectivity index (χ4v) is 2.69. The average molecular weight is 352 g/mol. The van der Waals surface area contributed by atoms with Crippen LogP contribution in [-0.2, 0) is 11.3 Å². The van der Waals surface area contributed by atoms with Crippen LogP contribution in [0.1, 0.15) is 29.2 Å². The molecule has 2 heterocycles. The molecule has 0 aliphatic carbocycles. The van der Waals surface area contributed by atoms with E-state index in [9.17, 15) is 13.6 Å². The first-order valence-electron chi connectivity index (χ1n) is 7.91. The van der Waals surface area contributed by atoms with E-state index < -0.39 is 11.6 Å². The maximum Gasteiger partial charge on any atom is 0.275 e. The first kappa shape index (κ1) is 17.3. The van der Waals surface area contributed by atoms with Crippen molar-refractivity contribution < 1.29 is 27.5 Å². The normalized spacial score (nSPS) is 17.6. The molecule has 1 aromatic heterocycles. The SMILES string of the molecule is COC1CCCN(C(=O)c2coc(COc3cccc(F)c3F)n2)C1. The molecule has 0 bridgehead atoms. The summed E-state index contributed by atoms with van der Waals surface area (Å²) in [5.41, 5.74) is 0.148. The van der Waals surface area contributed by atoms with Crippen molar-refractivity contribution in [3.8, 4) is 5.75 Å². The molecule has 0 spiro atoms. The lowest BCUT2D eigenvalue weighted by atomic mass is 10.1. The predicted octanol–water partition coefficient (Wildman–Crippen LogP) is 2.78. The van der Waals surface area contributed by atoms with E-state index in [1.165, 1.54) is 18.4 Å². The monoisotopic (exact) mass is 352 g/mol. The summed E-state index contributed by atoms with van der Waals surface area (Å²) in [6.45, 7) is 0.919. The topological polar surface area (TPSA) is 64.8 Å². The number of oxazole rings is 1. The summed E-state index contributed by atoms with van der Waals surface area (Å²) in [5, 5.41) is 0.